The van der Waals surface area contributed by atoms with E-state index in [1.807, 2.05) is 55.5 Å². The predicted molar refractivity (Wildman–Crippen MR) is 215 cm³/mol. The van der Waals surface area contributed by atoms with Gasteiger partial charge in [-0.3, -0.25) is 9.59 Å². The average Bonchev–Trinajstić information content (AvgIpc) is 3.63. The fourth-order valence-electron chi connectivity index (χ4n) is 6.25. The van der Waals surface area contributed by atoms with Crippen molar-refractivity contribution < 1.29 is 24.2 Å². The van der Waals surface area contributed by atoms with E-state index in [1.54, 1.807) is 35.2 Å². The molecule has 10 nitrogen and oxygen atoms in total. The molecule has 0 aliphatic carbocycles. The van der Waals surface area contributed by atoms with Gasteiger partial charge >= 0.3 is 0 Å². The predicted octanol–water partition coefficient (Wildman–Crippen LogP) is 8.52. The van der Waals surface area contributed by atoms with Gasteiger partial charge in [-0.25, -0.2) is 0 Å². The van der Waals surface area contributed by atoms with Gasteiger partial charge in [-0.2, -0.15) is 0 Å². The number of carbonyl (C=O) groups is 2. The van der Waals surface area contributed by atoms with E-state index in [0.717, 1.165) is 74.2 Å². The summed E-state index contributed by atoms with van der Waals surface area (Å²) in [5.41, 5.74) is 13.1. The fraction of sp³-hybridized carbons (Fsp3) is 0.333. The molecule has 4 aromatic carbocycles. The molecule has 6 rings (SSSR count). The fourth-order valence-corrected chi connectivity index (χ4v) is 8.11. The van der Waals surface area contributed by atoms with Gasteiger partial charge in [0.05, 0.1) is 30.2 Å². The molecular weight excluding hydrogens is 719 g/mol. The van der Waals surface area contributed by atoms with Gasteiger partial charge in [-0.15, -0.1) is 10.2 Å². The summed E-state index contributed by atoms with van der Waals surface area (Å²) < 4.78 is 14.0. The molecule has 0 spiro atoms. The lowest BCUT2D eigenvalue weighted by Gasteiger charge is -2.36. The molecule has 12 heteroatoms. The zero-order valence-electron chi connectivity index (χ0n) is 30.4. The highest BCUT2D eigenvalue weighted by atomic mass is 32.2. The quantitative estimate of drug-likeness (QED) is 0.0415. The van der Waals surface area contributed by atoms with Crippen molar-refractivity contribution in [3.63, 3.8) is 0 Å². The molecule has 1 saturated heterocycles. The van der Waals surface area contributed by atoms with Gasteiger partial charge in [-0.05, 0) is 65.8 Å². The van der Waals surface area contributed by atoms with E-state index in [0.29, 0.717) is 37.2 Å². The van der Waals surface area contributed by atoms with Gasteiger partial charge in [0, 0.05) is 37.1 Å². The number of ether oxygens (including phenoxy) is 2. The number of nitrogens with one attached hydrogen (secondary N) is 2. The Bertz CT molecular complexity index is 1970. The Hall–Kier alpha value is -4.59. The van der Waals surface area contributed by atoms with Gasteiger partial charge in [0.1, 0.15) is 5.01 Å². The second-order valence-electron chi connectivity index (χ2n) is 13.4. The number of amides is 2. The van der Waals surface area contributed by atoms with E-state index in [4.69, 9.17) is 15.2 Å². The summed E-state index contributed by atoms with van der Waals surface area (Å²) in [6.45, 7) is 2.41. The molecule has 3 atom stereocenters. The lowest BCUT2D eigenvalue weighted by atomic mass is 9.99. The smallest absolute Gasteiger partial charge is 0.224 e. The van der Waals surface area contributed by atoms with E-state index in [9.17, 15) is 14.7 Å². The highest BCUT2D eigenvalue weighted by Gasteiger charge is 2.32. The van der Waals surface area contributed by atoms with E-state index in [1.165, 1.54) is 0 Å². The van der Waals surface area contributed by atoms with E-state index >= 15 is 0 Å². The molecule has 1 aliphatic rings. The van der Waals surface area contributed by atoms with Crippen LogP contribution >= 0.6 is 23.1 Å². The van der Waals surface area contributed by atoms with Gasteiger partial charge in [0.15, 0.2) is 10.6 Å². The topological polar surface area (TPSA) is 149 Å². The Balaban J connectivity index is 0.974. The minimum Gasteiger partial charge on any atom is -0.397 e. The maximum atomic E-state index is 12.6. The number of aryl methyl sites for hydroxylation is 1. The van der Waals surface area contributed by atoms with Crippen LogP contribution in [-0.2, 0) is 32.2 Å². The van der Waals surface area contributed by atoms with Crippen molar-refractivity contribution >= 4 is 46.3 Å². The average molecular weight is 766 g/mol. The number of aliphatic hydroxyl groups excluding tert-OH is 1. The van der Waals surface area contributed by atoms with E-state index < -0.39 is 6.29 Å². The number of hydrogen-bond donors (Lipinski definition) is 4. The van der Waals surface area contributed by atoms with Gasteiger partial charge in [0.2, 0.25) is 11.8 Å². The summed E-state index contributed by atoms with van der Waals surface area (Å²) in [7, 11) is 0. The molecule has 282 valence electrons. The third kappa shape index (κ3) is 11.5. The molecule has 1 aliphatic heterocycles. The van der Waals surface area contributed by atoms with E-state index in [2.05, 4.69) is 57.2 Å². The molecular formula is C42H47N5O5S2. The maximum absolute atomic E-state index is 12.6. The summed E-state index contributed by atoms with van der Waals surface area (Å²) in [6, 6.07) is 31.6. The number of rotatable bonds is 17. The van der Waals surface area contributed by atoms with Crippen molar-refractivity contribution in [3.05, 3.63) is 124 Å². The number of aromatic nitrogens is 2. The number of nitrogen functional groups attached to an aromatic ring is 1. The van der Waals surface area contributed by atoms with Crippen molar-refractivity contribution in [2.24, 2.45) is 0 Å². The number of para-hydroxylation sites is 2. The summed E-state index contributed by atoms with van der Waals surface area (Å²) >= 11 is 3.23. The van der Waals surface area contributed by atoms with Gasteiger partial charge in [-0.1, -0.05) is 115 Å². The third-order valence-electron chi connectivity index (χ3n) is 9.24. The van der Waals surface area contributed by atoms with Crippen LogP contribution < -0.4 is 16.4 Å². The number of unbranched alkanes of at least 4 members (excludes halogenated alkanes) is 3. The summed E-state index contributed by atoms with van der Waals surface area (Å²) in [5, 5.41) is 24.8. The Kier molecular flexibility index (Phi) is 14.2. The molecule has 54 heavy (non-hydrogen) atoms. The van der Waals surface area contributed by atoms with Crippen LogP contribution in [0.5, 0.6) is 0 Å². The molecule has 0 bridgehead atoms. The summed E-state index contributed by atoms with van der Waals surface area (Å²) in [4.78, 5) is 24.8. The SMILES string of the molecule is Cc1nnc(SCC2CC(c3ccc(CO)cc3)OC(c3ccc(-c4cccc(CNC(=O)CCCCCCC(=O)Nc5ccccc5N)c4)cc3)O2)s1. The number of carbonyl (C=O) groups excluding carboxylic acids is 2. The Morgan fingerprint density at radius 2 is 1.57 bits per heavy atom. The Labute approximate surface area is 324 Å². The van der Waals surface area contributed by atoms with E-state index in [-0.39, 0.29) is 30.6 Å². The van der Waals surface area contributed by atoms with Crippen molar-refractivity contribution in [1.29, 1.82) is 0 Å². The molecule has 2 heterocycles. The van der Waals surface area contributed by atoms with Crippen LogP contribution in [0, 0.1) is 6.92 Å². The van der Waals surface area contributed by atoms with Crippen LogP contribution in [-0.4, -0.2) is 39.0 Å². The number of benzene rings is 4. The minimum absolute atomic E-state index is 0.000158. The minimum atomic E-state index is -0.544. The molecule has 5 N–H and O–H groups in total. The zero-order chi connectivity index (χ0) is 37.7. The largest absolute Gasteiger partial charge is 0.397 e. The van der Waals surface area contributed by atoms with Gasteiger partial charge in [0.25, 0.3) is 0 Å². The Morgan fingerprint density at radius 3 is 2.30 bits per heavy atom. The third-order valence-corrected chi connectivity index (χ3v) is 11.3. The first-order chi connectivity index (χ1) is 26.3. The lowest BCUT2D eigenvalue weighted by molar-refractivity contribution is -0.245. The van der Waals surface area contributed by atoms with Crippen molar-refractivity contribution in [1.82, 2.24) is 15.5 Å². The van der Waals surface area contributed by atoms with Crippen molar-refractivity contribution in [3.8, 4) is 11.1 Å². The number of anilines is 2. The molecule has 1 aromatic heterocycles. The monoisotopic (exact) mass is 765 g/mol. The van der Waals surface area contributed by atoms with Gasteiger partial charge < -0.3 is 30.9 Å². The second kappa shape index (κ2) is 19.7. The number of nitrogens with zero attached hydrogens (tertiary/aromatic N) is 2. The highest BCUT2D eigenvalue weighted by molar-refractivity contribution is 8.01. The first kappa shape index (κ1) is 39.1. The summed E-state index contributed by atoms with van der Waals surface area (Å²) in [5.74, 6) is 0.701. The molecule has 0 radical (unpaired) electrons. The van der Waals surface area contributed by atoms with Crippen molar-refractivity contribution in [2.45, 2.75) is 87.9 Å². The molecule has 0 saturated carbocycles. The molecule has 3 unspecified atom stereocenters. The standard InChI is InChI=1S/C42H47N5O5S2/c1-28-46-47-42(54-28)53-27-35-24-38(32-17-15-29(26-48)16-18-32)52-41(51-35)33-21-19-31(20-22-33)34-10-8-9-30(23-34)25-44-39(49)13-4-2-3-5-14-40(50)45-37-12-7-6-11-36(37)43/h6-12,15-23,35,38,41,48H,2-5,13-14,24-27,43H2,1H3,(H,44,49)(H,45,50). The second-order valence-corrected chi connectivity index (χ2v) is 15.8. The first-order valence-corrected chi connectivity index (χ1v) is 20.2. The zero-order valence-corrected chi connectivity index (χ0v) is 32.0. The molecule has 5 aromatic rings. The number of aliphatic hydroxyl groups is 1. The van der Waals surface area contributed by atoms with Crippen LogP contribution in [0.1, 0.15) is 84.6 Å². The van der Waals surface area contributed by atoms with Crippen LogP contribution in [0.25, 0.3) is 11.1 Å². The van der Waals surface area contributed by atoms with Crippen LogP contribution in [0.4, 0.5) is 11.4 Å². The molecule has 1 fully saturated rings. The van der Waals surface area contributed by atoms with Crippen LogP contribution in [0.2, 0.25) is 0 Å². The highest BCUT2D eigenvalue weighted by Crippen LogP contribution is 2.40. The molecule has 2 amide bonds. The number of nitrogens with two attached hydrogens (primary N) is 1. The summed E-state index contributed by atoms with van der Waals surface area (Å²) in [6.07, 6.45) is 4.13. The Morgan fingerprint density at radius 1 is 0.833 bits per heavy atom. The lowest BCUT2D eigenvalue weighted by Crippen LogP contribution is -2.31. The maximum Gasteiger partial charge on any atom is 0.224 e. The number of thioether (sulfide) groups is 1. The first-order valence-electron chi connectivity index (χ1n) is 18.4. The van der Waals surface area contributed by atoms with Crippen LogP contribution in [0.15, 0.2) is 101 Å². The van der Waals surface area contributed by atoms with Crippen LogP contribution in [0.3, 0.4) is 0 Å². The van der Waals surface area contributed by atoms with Crippen molar-refractivity contribution in [2.75, 3.05) is 16.8 Å². The normalized spacial score (nSPS) is 16.9. The number of hydrogen-bond acceptors (Lipinski definition) is 10.